The molecule has 116 valence electrons. The third kappa shape index (κ3) is 3.62. The molecule has 5 nitrogen and oxygen atoms in total. The summed E-state index contributed by atoms with van der Waals surface area (Å²) in [5, 5.41) is 9.26. The van der Waals surface area contributed by atoms with E-state index < -0.39 is 5.82 Å². The summed E-state index contributed by atoms with van der Waals surface area (Å²) < 4.78 is 18.5. The molecule has 0 unspecified atom stereocenters. The Kier molecular flexibility index (Phi) is 5.12. The van der Waals surface area contributed by atoms with Crippen molar-refractivity contribution in [2.45, 2.75) is 0 Å². The first-order valence-corrected chi connectivity index (χ1v) is 6.98. The van der Waals surface area contributed by atoms with Gasteiger partial charge in [-0.15, -0.1) is 0 Å². The zero-order chi connectivity index (χ0) is 16.1. The van der Waals surface area contributed by atoms with E-state index in [9.17, 15) is 14.4 Å². The average molecular weight is 303 g/mol. The number of hydrogen-bond donors (Lipinski definition) is 0. The van der Waals surface area contributed by atoms with Gasteiger partial charge < -0.3 is 14.5 Å². The van der Waals surface area contributed by atoms with Crippen molar-refractivity contribution in [1.29, 1.82) is 5.26 Å². The molecule has 0 saturated carbocycles. The summed E-state index contributed by atoms with van der Waals surface area (Å²) in [6, 6.07) is 5.89. The Morgan fingerprint density at radius 1 is 1.36 bits per heavy atom. The van der Waals surface area contributed by atoms with E-state index in [0.29, 0.717) is 24.4 Å². The van der Waals surface area contributed by atoms with Crippen molar-refractivity contribution < 1.29 is 13.9 Å². The molecule has 2 rings (SSSR count). The SMILES string of the molecule is COc1ccc(F)cc1/C=C(\C#N)C(=O)N1CCN(C)CC1. The molecule has 1 aliphatic rings. The van der Waals surface area contributed by atoms with Crippen LogP contribution in [-0.2, 0) is 4.79 Å². The molecule has 1 heterocycles. The molecule has 1 amide bonds. The number of piperazine rings is 1. The van der Waals surface area contributed by atoms with Gasteiger partial charge in [-0.1, -0.05) is 0 Å². The van der Waals surface area contributed by atoms with Gasteiger partial charge >= 0.3 is 0 Å². The highest BCUT2D eigenvalue weighted by atomic mass is 19.1. The third-order valence-electron chi connectivity index (χ3n) is 3.63. The van der Waals surface area contributed by atoms with E-state index >= 15 is 0 Å². The molecule has 6 heteroatoms. The van der Waals surface area contributed by atoms with Gasteiger partial charge in [-0.05, 0) is 31.3 Å². The van der Waals surface area contributed by atoms with E-state index in [1.54, 1.807) is 4.90 Å². The number of nitrogens with zero attached hydrogens (tertiary/aromatic N) is 3. The van der Waals surface area contributed by atoms with Gasteiger partial charge in [0, 0.05) is 31.7 Å². The number of nitriles is 1. The molecule has 1 aliphatic heterocycles. The van der Waals surface area contributed by atoms with Crippen molar-refractivity contribution in [3.05, 3.63) is 35.2 Å². The molecule has 0 N–H and O–H groups in total. The molecular weight excluding hydrogens is 285 g/mol. The topological polar surface area (TPSA) is 56.6 Å². The van der Waals surface area contributed by atoms with E-state index in [4.69, 9.17) is 4.74 Å². The number of benzene rings is 1. The fourth-order valence-electron chi connectivity index (χ4n) is 2.30. The number of rotatable bonds is 3. The molecule has 22 heavy (non-hydrogen) atoms. The quantitative estimate of drug-likeness (QED) is 0.627. The summed E-state index contributed by atoms with van der Waals surface area (Å²) in [5.74, 6) is -0.362. The highest BCUT2D eigenvalue weighted by Gasteiger charge is 2.22. The Labute approximate surface area is 129 Å². The first-order valence-electron chi connectivity index (χ1n) is 6.98. The lowest BCUT2D eigenvalue weighted by Crippen LogP contribution is -2.47. The van der Waals surface area contributed by atoms with Crippen LogP contribution in [0.3, 0.4) is 0 Å². The van der Waals surface area contributed by atoms with Crippen LogP contribution in [0.5, 0.6) is 5.75 Å². The first kappa shape index (κ1) is 16.0. The summed E-state index contributed by atoms with van der Waals surface area (Å²) in [5.41, 5.74) is 0.356. The summed E-state index contributed by atoms with van der Waals surface area (Å²) in [6.07, 6.45) is 1.38. The molecular formula is C16H18FN3O2. The Balaban J connectivity index is 2.26. The predicted molar refractivity (Wildman–Crippen MR) is 80.6 cm³/mol. The Bertz CT molecular complexity index is 629. The Hall–Kier alpha value is -2.39. The number of ether oxygens (including phenoxy) is 1. The Morgan fingerprint density at radius 3 is 2.64 bits per heavy atom. The monoisotopic (exact) mass is 303 g/mol. The van der Waals surface area contributed by atoms with Gasteiger partial charge in [0.2, 0.25) is 0 Å². The standard InChI is InChI=1S/C16H18FN3O2/c1-19-5-7-20(8-6-19)16(21)13(11-18)9-12-10-14(17)3-4-15(12)22-2/h3-4,9-10H,5-8H2,1-2H3/b13-9+. The van der Waals surface area contributed by atoms with Crippen molar-refractivity contribution in [2.75, 3.05) is 40.3 Å². The normalized spacial score (nSPS) is 16.3. The van der Waals surface area contributed by atoms with E-state index in [1.165, 1.54) is 31.4 Å². The molecule has 1 aromatic carbocycles. The van der Waals surface area contributed by atoms with Crippen LogP contribution in [0, 0.1) is 17.1 Å². The molecule has 0 spiro atoms. The van der Waals surface area contributed by atoms with Crippen LogP contribution >= 0.6 is 0 Å². The van der Waals surface area contributed by atoms with Gasteiger partial charge in [0.15, 0.2) is 0 Å². The lowest BCUT2D eigenvalue weighted by Gasteiger charge is -2.32. The largest absolute Gasteiger partial charge is 0.496 e. The second-order valence-corrected chi connectivity index (χ2v) is 5.15. The maximum atomic E-state index is 13.4. The van der Waals surface area contributed by atoms with Crippen LogP contribution < -0.4 is 4.74 Å². The van der Waals surface area contributed by atoms with Crippen molar-refractivity contribution in [1.82, 2.24) is 9.80 Å². The number of carbonyl (C=O) groups excluding carboxylic acids is 1. The van der Waals surface area contributed by atoms with Crippen LogP contribution in [0.1, 0.15) is 5.56 Å². The second kappa shape index (κ2) is 7.05. The predicted octanol–water partition coefficient (Wildman–Crippen LogP) is 1.52. The maximum absolute atomic E-state index is 13.4. The van der Waals surface area contributed by atoms with Gasteiger partial charge in [0.05, 0.1) is 7.11 Å². The number of halogens is 1. The molecule has 0 aliphatic carbocycles. The van der Waals surface area contributed by atoms with Gasteiger partial charge in [-0.3, -0.25) is 4.79 Å². The lowest BCUT2D eigenvalue weighted by molar-refractivity contribution is -0.128. The summed E-state index contributed by atoms with van der Waals surface area (Å²) in [4.78, 5) is 16.2. The average Bonchev–Trinajstić information content (AvgIpc) is 2.53. The van der Waals surface area contributed by atoms with Crippen LogP contribution in [0.25, 0.3) is 6.08 Å². The van der Waals surface area contributed by atoms with E-state index in [-0.39, 0.29) is 11.5 Å². The molecule has 1 saturated heterocycles. The molecule has 0 radical (unpaired) electrons. The first-order chi connectivity index (χ1) is 10.5. The second-order valence-electron chi connectivity index (χ2n) is 5.15. The summed E-state index contributed by atoms with van der Waals surface area (Å²) in [6.45, 7) is 2.70. The number of hydrogen-bond acceptors (Lipinski definition) is 4. The molecule has 1 aromatic rings. The Morgan fingerprint density at radius 2 is 2.05 bits per heavy atom. The van der Waals surface area contributed by atoms with Crippen LogP contribution in [0.15, 0.2) is 23.8 Å². The fourth-order valence-corrected chi connectivity index (χ4v) is 2.30. The van der Waals surface area contributed by atoms with Gasteiger partial charge in [0.1, 0.15) is 23.2 Å². The van der Waals surface area contributed by atoms with E-state index in [1.807, 2.05) is 13.1 Å². The minimum atomic E-state index is -0.448. The minimum Gasteiger partial charge on any atom is -0.496 e. The number of carbonyl (C=O) groups is 1. The van der Waals surface area contributed by atoms with Crippen LogP contribution in [0.2, 0.25) is 0 Å². The lowest BCUT2D eigenvalue weighted by atomic mass is 10.1. The van der Waals surface area contributed by atoms with Gasteiger partial charge in [-0.2, -0.15) is 5.26 Å². The van der Waals surface area contributed by atoms with E-state index in [2.05, 4.69) is 4.90 Å². The number of amides is 1. The molecule has 0 bridgehead atoms. The minimum absolute atomic E-state index is 0.0200. The summed E-state index contributed by atoms with van der Waals surface area (Å²) >= 11 is 0. The smallest absolute Gasteiger partial charge is 0.264 e. The van der Waals surface area contributed by atoms with Crippen molar-refractivity contribution in [3.8, 4) is 11.8 Å². The van der Waals surface area contributed by atoms with Crippen molar-refractivity contribution >= 4 is 12.0 Å². The van der Waals surface area contributed by atoms with Gasteiger partial charge in [0.25, 0.3) is 5.91 Å². The number of methoxy groups -OCH3 is 1. The molecule has 0 atom stereocenters. The van der Waals surface area contributed by atoms with Gasteiger partial charge in [-0.25, -0.2) is 4.39 Å². The zero-order valence-corrected chi connectivity index (χ0v) is 12.7. The summed E-state index contributed by atoms with van der Waals surface area (Å²) in [7, 11) is 3.44. The molecule has 0 aromatic heterocycles. The fraction of sp³-hybridized carbons (Fsp3) is 0.375. The van der Waals surface area contributed by atoms with Crippen LogP contribution in [-0.4, -0.2) is 56.0 Å². The highest BCUT2D eigenvalue weighted by molar-refractivity contribution is 6.02. The highest BCUT2D eigenvalue weighted by Crippen LogP contribution is 2.22. The number of likely N-dealkylation sites (N-methyl/N-ethyl adjacent to an activating group) is 1. The van der Waals surface area contributed by atoms with E-state index in [0.717, 1.165) is 13.1 Å². The van der Waals surface area contributed by atoms with Crippen molar-refractivity contribution in [3.63, 3.8) is 0 Å². The maximum Gasteiger partial charge on any atom is 0.264 e. The zero-order valence-electron chi connectivity index (χ0n) is 12.7. The molecule has 1 fully saturated rings. The van der Waals surface area contributed by atoms with Crippen LogP contribution in [0.4, 0.5) is 4.39 Å². The van der Waals surface area contributed by atoms with Crippen molar-refractivity contribution in [2.24, 2.45) is 0 Å². The third-order valence-corrected chi connectivity index (χ3v) is 3.63.